The lowest BCUT2D eigenvalue weighted by Crippen LogP contribution is -2.35. The number of benzene rings is 2. The largest absolute Gasteiger partial charge is 0.399 e. The molecule has 2 N–H and O–H groups in total. The molecular weight excluding hydrogens is 387 g/mol. The minimum Gasteiger partial charge on any atom is -0.399 e. The van der Waals surface area contributed by atoms with E-state index in [4.69, 9.17) is 10.7 Å². The van der Waals surface area contributed by atoms with Crippen molar-refractivity contribution < 1.29 is 12.8 Å². The van der Waals surface area contributed by atoms with E-state index < -0.39 is 21.2 Å². The zero-order valence-electron chi connectivity index (χ0n) is 17.1. The summed E-state index contributed by atoms with van der Waals surface area (Å²) >= 11 is 0. The van der Waals surface area contributed by atoms with Crippen molar-refractivity contribution in [3.8, 4) is 0 Å². The summed E-state index contributed by atoms with van der Waals surface area (Å²) < 4.78 is 40.9. The number of nitrogens with two attached hydrogens (primary N) is 1. The smallest absolute Gasteiger partial charge is 0.181 e. The van der Waals surface area contributed by atoms with Crippen LogP contribution >= 0.6 is 0 Å². The Labute approximate surface area is 173 Å². The topological polar surface area (TPSA) is 72.5 Å². The molecule has 0 atom stereocenters. The molecule has 3 rings (SSSR count). The number of aliphatic imine (C=N–C) groups is 1. The lowest BCUT2D eigenvalue weighted by Gasteiger charge is -2.29. The van der Waals surface area contributed by atoms with Crippen LogP contribution in [0.4, 0.5) is 10.1 Å². The Morgan fingerprint density at radius 2 is 1.76 bits per heavy atom. The molecule has 1 aliphatic rings. The summed E-state index contributed by atoms with van der Waals surface area (Å²) in [6.45, 7) is 4.18. The number of hydrogen-bond donors (Lipinski definition) is 1. The average Bonchev–Trinajstić information content (AvgIpc) is 2.77. The number of unbranched alkanes of at least 4 members (excludes halogenated alkanes) is 2. The molecule has 1 heterocycles. The normalized spacial score (nSPS) is 17.3. The Hall–Kier alpha value is -2.21. The molecule has 0 aliphatic carbocycles. The first kappa shape index (κ1) is 21.5. The Morgan fingerprint density at radius 3 is 2.38 bits per heavy atom. The monoisotopic (exact) mass is 416 g/mol. The van der Waals surface area contributed by atoms with E-state index in [9.17, 15) is 12.8 Å². The molecule has 0 saturated carbocycles. The summed E-state index contributed by atoms with van der Waals surface area (Å²) in [5.74, 6) is -0.532. The maximum atomic E-state index is 14.2. The number of nitrogen functional groups attached to an aromatic ring is 1. The maximum absolute atomic E-state index is 14.2. The van der Waals surface area contributed by atoms with Gasteiger partial charge in [0.15, 0.2) is 9.84 Å². The van der Waals surface area contributed by atoms with E-state index in [1.807, 2.05) is 12.1 Å². The van der Waals surface area contributed by atoms with E-state index in [1.165, 1.54) is 18.2 Å². The van der Waals surface area contributed by atoms with Gasteiger partial charge in [-0.05, 0) is 43.2 Å². The Balaban J connectivity index is 2.30. The first-order valence-electron chi connectivity index (χ1n) is 10.3. The molecule has 6 heteroatoms. The number of rotatable bonds is 7. The fourth-order valence-electron chi connectivity index (χ4n) is 4.02. The van der Waals surface area contributed by atoms with Gasteiger partial charge in [0, 0.05) is 16.8 Å². The van der Waals surface area contributed by atoms with E-state index in [1.54, 1.807) is 12.1 Å². The molecule has 0 amide bonds. The second-order valence-electron chi connectivity index (χ2n) is 7.92. The van der Waals surface area contributed by atoms with E-state index in [0.717, 1.165) is 25.7 Å². The van der Waals surface area contributed by atoms with Crippen LogP contribution in [0.1, 0.15) is 63.5 Å². The molecule has 0 fully saturated rings. The zero-order chi connectivity index (χ0) is 21.1. The lowest BCUT2D eigenvalue weighted by molar-refractivity contribution is 0.380. The highest BCUT2D eigenvalue weighted by Crippen LogP contribution is 2.36. The Kier molecular flexibility index (Phi) is 6.42. The molecule has 4 nitrogen and oxygen atoms in total. The molecule has 0 saturated heterocycles. The Morgan fingerprint density at radius 1 is 1.07 bits per heavy atom. The third kappa shape index (κ3) is 4.69. The van der Waals surface area contributed by atoms with Gasteiger partial charge in [-0.15, -0.1) is 0 Å². The molecule has 2 aromatic carbocycles. The van der Waals surface area contributed by atoms with Crippen LogP contribution in [0.15, 0.2) is 52.4 Å². The van der Waals surface area contributed by atoms with Crippen LogP contribution in [-0.4, -0.2) is 25.4 Å². The first-order chi connectivity index (χ1) is 13.8. The summed E-state index contributed by atoms with van der Waals surface area (Å²) in [4.78, 5) is 5.23. The van der Waals surface area contributed by atoms with Crippen molar-refractivity contribution in [3.63, 3.8) is 0 Å². The molecule has 0 unspecified atom stereocenters. The zero-order valence-corrected chi connectivity index (χ0v) is 17.9. The lowest BCUT2D eigenvalue weighted by atomic mass is 9.88. The van der Waals surface area contributed by atoms with E-state index >= 15 is 0 Å². The molecule has 156 valence electrons. The molecule has 29 heavy (non-hydrogen) atoms. The van der Waals surface area contributed by atoms with Crippen molar-refractivity contribution in [2.24, 2.45) is 4.99 Å². The third-order valence-electron chi connectivity index (χ3n) is 5.49. The van der Waals surface area contributed by atoms with Crippen LogP contribution in [-0.2, 0) is 9.84 Å². The SMILES string of the molecule is CCCCC1(CCCC)CS(=O)(=O)c2ccc(F)cc2C(c2cccc(N)c2)=N1. The van der Waals surface area contributed by atoms with Crippen LogP contribution in [0.2, 0.25) is 0 Å². The van der Waals surface area contributed by atoms with Gasteiger partial charge in [0.1, 0.15) is 5.82 Å². The first-order valence-corrected chi connectivity index (χ1v) is 11.9. The molecular formula is C23H29FN2O2S. The number of halogens is 1. The Bertz CT molecular complexity index is 1010. The molecule has 0 radical (unpaired) electrons. The number of anilines is 1. The highest BCUT2D eigenvalue weighted by Gasteiger charge is 2.40. The quantitative estimate of drug-likeness (QED) is 0.501. The molecule has 1 aliphatic heterocycles. The standard InChI is InChI=1S/C23H29FN2O2S/c1-3-5-12-23(13-6-4-2)16-29(27,28)21-11-10-18(24)15-20(21)22(26-23)17-8-7-9-19(25)14-17/h7-11,14-15H,3-6,12-13,16,25H2,1-2H3. The van der Waals surface area contributed by atoms with Crippen LogP contribution in [0.5, 0.6) is 0 Å². The van der Waals surface area contributed by atoms with Crippen molar-refractivity contribution >= 4 is 21.2 Å². The van der Waals surface area contributed by atoms with Crippen LogP contribution < -0.4 is 5.73 Å². The molecule has 0 aromatic heterocycles. The van der Waals surface area contributed by atoms with Gasteiger partial charge >= 0.3 is 0 Å². The average molecular weight is 417 g/mol. The second-order valence-corrected chi connectivity index (χ2v) is 9.87. The molecule has 2 aromatic rings. The summed E-state index contributed by atoms with van der Waals surface area (Å²) in [6.07, 6.45) is 5.06. The maximum Gasteiger partial charge on any atom is 0.181 e. The fraction of sp³-hybridized carbons (Fsp3) is 0.435. The second kappa shape index (κ2) is 8.66. The van der Waals surface area contributed by atoms with Gasteiger partial charge in [-0.1, -0.05) is 51.7 Å². The van der Waals surface area contributed by atoms with Crippen LogP contribution in [0.3, 0.4) is 0 Å². The minimum atomic E-state index is -3.63. The van der Waals surface area contributed by atoms with Gasteiger partial charge in [-0.25, -0.2) is 12.8 Å². The third-order valence-corrected chi connectivity index (χ3v) is 7.43. The van der Waals surface area contributed by atoms with Gasteiger partial charge in [-0.2, -0.15) is 0 Å². The minimum absolute atomic E-state index is 0.0511. The fourth-order valence-corrected chi connectivity index (χ4v) is 6.00. The van der Waals surface area contributed by atoms with Gasteiger partial charge in [0.2, 0.25) is 0 Å². The number of hydrogen-bond acceptors (Lipinski definition) is 4. The van der Waals surface area contributed by atoms with E-state index in [-0.39, 0.29) is 10.6 Å². The number of sulfone groups is 1. The summed E-state index contributed by atoms with van der Waals surface area (Å²) in [5.41, 5.74) is 7.38. The number of nitrogens with zero attached hydrogens (tertiary/aromatic N) is 1. The summed E-state index contributed by atoms with van der Waals surface area (Å²) in [6, 6.07) is 11.1. The van der Waals surface area contributed by atoms with Gasteiger partial charge in [0.25, 0.3) is 0 Å². The highest BCUT2D eigenvalue weighted by molar-refractivity contribution is 7.91. The van der Waals surface area contributed by atoms with Gasteiger partial charge in [0.05, 0.1) is 21.9 Å². The van der Waals surface area contributed by atoms with Crippen molar-refractivity contribution in [2.75, 3.05) is 11.5 Å². The molecule has 0 spiro atoms. The van der Waals surface area contributed by atoms with E-state index in [2.05, 4.69) is 13.8 Å². The van der Waals surface area contributed by atoms with Crippen molar-refractivity contribution in [1.82, 2.24) is 0 Å². The molecule has 0 bridgehead atoms. The van der Waals surface area contributed by atoms with Crippen LogP contribution in [0, 0.1) is 5.82 Å². The van der Waals surface area contributed by atoms with Crippen molar-refractivity contribution in [3.05, 3.63) is 59.4 Å². The number of fused-ring (bicyclic) bond motifs is 1. The summed E-state index contributed by atoms with van der Waals surface area (Å²) in [7, 11) is -3.63. The summed E-state index contributed by atoms with van der Waals surface area (Å²) in [5, 5.41) is 0. The van der Waals surface area contributed by atoms with E-state index in [0.29, 0.717) is 35.4 Å². The predicted octanol–water partition coefficient (Wildman–Crippen LogP) is 5.15. The van der Waals surface area contributed by atoms with Crippen LogP contribution in [0.25, 0.3) is 0 Å². The highest BCUT2D eigenvalue weighted by atomic mass is 32.2. The van der Waals surface area contributed by atoms with Crippen molar-refractivity contribution in [2.45, 2.75) is 62.8 Å². The predicted molar refractivity (Wildman–Crippen MR) is 117 cm³/mol. The van der Waals surface area contributed by atoms with Gasteiger partial charge < -0.3 is 5.73 Å². The van der Waals surface area contributed by atoms with Gasteiger partial charge in [-0.3, -0.25) is 4.99 Å². The van der Waals surface area contributed by atoms with Crippen molar-refractivity contribution in [1.29, 1.82) is 0 Å².